The second-order valence-corrected chi connectivity index (χ2v) is 10.4. The van der Waals surface area contributed by atoms with Gasteiger partial charge in [0, 0.05) is 38.4 Å². The van der Waals surface area contributed by atoms with Gasteiger partial charge in [-0.25, -0.2) is 8.78 Å². The van der Waals surface area contributed by atoms with E-state index < -0.39 is 17.9 Å². The van der Waals surface area contributed by atoms with Crippen LogP contribution in [0.1, 0.15) is 55.5 Å². The highest BCUT2D eigenvalue weighted by atomic mass is 35.5. The highest BCUT2D eigenvalue weighted by Gasteiger charge is 2.48. The van der Waals surface area contributed by atoms with Gasteiger partial charge in [0.05, 0.1) is 10.6 Å². The van der Waals surface area contributed by atoms with Crippen molar-refractivity contribution in [1.82, 2.24) is 10.2 Å². The number of piperidine rings is 1. The molecule has 2 N–H and O–H groups in total. The van der Waals surface area contributed by atoms with Crippen LogP contribution >= 0.6 is 11.6 Å². The molecule has 9 heteroatoms. The summed E-state index contributed by atoms with van der Waals surface area (Å²) in [4.78, 5) is 28.5. The lowest BCUT2D eigenvalue weighted by Gasteiger charge is -2.34. The summed E-state index contributed by atoms with van der Waals surface area (Å²) < 4.78 is 27.6. The first-order valence-electron chi connectivity index (χ1n) is 12.7. The van der Waals surface area contributed by atoms with Gasteiger partial charge in [-0.05, 0) is 69.2 Å². The minimum absolute atomic E-state index is 0.0273. The SMILES string of the molecule is CC(C)NC(=O)c1ccc(N2CCC(CCCN(C)C(=O)C(O)(c3ccccc3)C(F)F)CC2)cc1Cl. The number of benzene rings is 2. The van der Waals surface area contributed by atoms with E-state index in [2.05, 4.69) is 10.2 Å². The molecular formula is C28H36ClF2N3O3. The molecule has 1 atom stereocenters. The van der Waals surface area contributed by atoms with Crippen LogP contribution in [0, 0.1) is 5.92 Å². The lowest BCUT2D eigenvalue weighted by atomic mass is 9.91. The Kier molecular flexibility index (Phi) is 9.90. The van der Waals surface area contributed by atoms with E-state index in [1.54, 1.807) is 12.1 Å². The first-order chi connectivity index (χ1) is 17.5. The maximum Gasteiger partial charge on any atom is 0.280 e. The Morgan fingerprint density at radius 2 is 1.81 bits per heavy atom. The van der Waals surface area contributed by atoms with Gasteiger partial charge in [-0.3, -0.25) is 9.59 Å². The summed E-state index contributed by atoms with van der Waals surface area (Å²) in [6, 6.07) is 12.9. The number of likely N-dealkylation sites (N-methyl/N-ethyl adjacent to an activating group) is 1. The Hall–Kier alpha value is -2.71. The molecule has 202 valence electrons. The van der Waals surface area contributed by atoms with Gasteiger partial charge in [0.1, 0.15) is 0 Å². The molecule has 0 radical (unpaired) electrons. The standard InChI is InChI=1S/C28H36ClF2N3O3/c1-19(2)32-25(35)23-12-11-22(18-24(23)29)34-16-13-20(14-17-34)8-7-15-33(3)27(36)28(37,26(30)31)21-9-5-4-6-10-21/h4-6,9-12,18-20,26,37H,7-8,13-17H2,1-3H3,(H,32,35). The normalized spacial score (nSPS) is 16.1. The zero-order valence-corrected chi connectivity index (χ0v) is 22.3. The van der Waals surface area contributed by atoms with Gasteiger partial charge in [0.2, 0.25) is 5.60 Å². The number of hydrogen-bond acceptors (Lipinski definition) is 4. The monoisotopic (exact) mass is 535 g/mol. The topological polar surface area (TPSA) is 72.9 Å². The summed E-state index contributed by atoms with van der Waals surface area (Å²) in [5.74, 6) is -0.732. The fourth-order valence-electron chi connectivity index (χ4n) is 4.75. The van der Waals surface area contributed by atoms with Gasteiger partial charge in [-0.2, -0.15) is 0 Å². The maximum atomic E-state index is 13.8. The summed E-state index contributed by atoms with van der Waals surface area (Å²) >= 11 is 6.39. The Morgan fingerprint density at radius 3 is 2.38 bits per heavy atom. The number of halogens is 3. The van der Waals surface area contributed by atoms with Crippen LogP contribution in [0.25, 0.3) is 0 Å². The third kappa shape index (κ3) is 6.99. The van der Waals surface area contributed by atoms with Crippen molar-refractivity contribution in [3.8, 4) is 0 Å². The summed E-state index contributed by atoms with van der Waals surface area (Å²) in [5.41, 5.74) is -1.53. The molecule has 6 nitrogen and oxygen atoms in total. The Morgan fingerprint density at radius 1 is 1.16 bits per heavy atom. The minimum atomic E-state index is -3.23. The largest absolute Gasteiger partial charge is 0.371 e. The number of anilines is 1. The van der Waals surface area contributed by atoms with Crippen LogP contribution in [-0.2, 0) is 10.4 Å². The lowest BCUT2D eigenvalue weighted by molar-refractivity contribution is -0.170. The van der Waals surface area contributed by atoms with Crippen molar-refractivity contribution < 1.29 is 23.5 Å². The molecule has 3 rings (SSSR count). The predicted octanol–water partition coefficient (Wildman–Crippen LogP) is 5.09. The number of nitrogens with zero attached hydrogens (tertiary/aromatic N) is 2. The van der Waals surface area contributed by atoms with Crippen LogP contribution in [0.4, 0.5) is 14.5 Å². The Bertz CT molecular complexity index is 1060. The molecule has 0 bridgehead atoms. The van der Waals surface area contributed by atoms with Crippen molar-refractivity contribution in [3.05, 3.63) is 64.7 Å². The van der Waals surface area contributed by atoms with E-state index in [1.165, 1.54) is 36.2 Å². The van der Waals surface area contributed by atoms with Crippen LogP contribution in [0.3, 0.4) is 0 Å². The van der Waals surface area contributed by atoms with Gasteiger partial charge in [0.15, 0.2) is 0 Å². The molecule has 0 aromatic heterocycles. The lowest BCUT2D eigenvalue weighted by Crippen LogP contribution is -2.50. The molecule has 0 spiro atoms. The van der Waals surface area contributed by atoms with E-state index in [9.17, 15) is 23.5 Å². The quantitative estimate of drug-likeness (QED) is 0.445. The smallest absolute Gasteiger partial charge is 0.280 e. The van der Waals surface area contributed by atoms with Crippen molar-refractivity contribution >= 4 is 29.1 Å². The van der Waals surface area contributed by atoms with E-state index in [-0.39, 0.29) is 24.1 Å². The highest BCUT2D eigenvalue weighted by molar-refractivity contribution is 6.34. The second-order valence-electron chi connectivity index (χ2n) is 10.0. The number of hydrogen-bond donors (Lipinski definition) is 2. The Labute approximate surface area is 222 Å². The summed E-state index contributed by atoms with van der Waals surface area (Å²) in [5, 5.41) is 13.9. The van der Waals surface area contributed by atoms with Crippen LogP contribution in [0.5, 0.6) is 0 Å². The second kappa shape index (κ2) is 12.7. The van der Waals surface area contributed by atoms with Gasteiger partial charge in [-0.1, -0.05) is 41.9 Å². The van der Waals surface area contributed by atoms with E-state index in [4.69, 9.17) is 11.6 Å². The molecule has 2 aromatic carbocycles. The van der Waals surface area contributed by atoms with Crippen LogP contribution in [0.15, 0.2) is 48.5 Å². The van der Waals surface area contributed by atoms with Gasteiger partial charge >= 0.3 is 0 Å². The van der Waals surface area contributed by atoms with Crippen molar-refractivity contribution in [2.24, 2.45) is 5.92 Å². The first kappa shape index (κ1) is 28.9. The number of carbonyl (C=O) groups is 2. The molecule has 37 heavy (non-hydrogen) atoms. The predicted molar refractivity (Wildman–Crippen MR) is 142 cm³/mol. The fourth-order valence-corrected chi connectivity index (χ4v) is 5.01. The summed E-state index contributed by atoms with van der Waals surface area (Å²) in [6.07, 6.45) is 0.193. The molecule has 1 aliphatic rings. The van der Waals surface area contributed by atoms with Crippen molar-refractivity contribution in [3.63, 3.8) is 0 Å². The van der Waals surface area contributed by atoms with Crippen molar-refractivity contribution in [2.75, 3.05) is 31.6 Å². The van der Waals surface area contributed by atoms with Gasteiger partial charge < -0.3 is 20.2 Å². The molecule has 1 unspecified atom stereocenters. The van der Waals surface area contributed by atoms with E-state index in [1.807, 2.05) is 26.0 Å². The molecule has 0 aliphatic carbocycles. The molecule has 1 fully saturated rings. The molecule has 1 saturated heterocycles. The maximum absolute atomic E-state index is 13.8. The zero-order chi connectivity index (χ0) is 27.2. The van der Waals surface area contributed by atoms with E-state index in [0.717, 1.165) is 38.0 Å². The first-order valence-corrected chi connectivity index (χ1v) is 13.1. The molecule has 2 amide bonds. The Balaban J connectivity index is 1.49. The van der Waals surface area contributed by atoms with Crippen LogP contribution in [-0.4, -0.2) is 61.0 Å². The highest BCUT2D eigenvalue weighted by Crippen LogP contribution is 2.32. The van der Waals surface area contributed by atoms with Gasteiger partial charge in [0.25, 0.3) is 18.2 Å². The average Bonchev–Trinajstić information content (AvgIpc) is 2.87. The van der Waals surface area contributed by atoms with E-state index in [0.29, 0.717) is 22.9 Å². The summed E-state index contributed by atoms with van der Waals surface area (Å²) in [6.45, 7) is 5.76. The third-order valence-electron chi connectivity index (χ3n) is 6.91. The number of nitrogens with one attached hydrogen (secondary N) is 1. The van der Waals surface area contributed by atoms with Crippen molar-refractivity contribution in [2.45, 2.75) is 57.6 Å². The molecule has 0 saturated carbocycles. The van der Waals surface area contributed by atoms with E-state index >= 15 is 0 Å². The fraction of sp³-hybridized carbons (Fsp3) is 0.500. The number of alkyl halides is 2. The molecule has 1 heterocycles. The van der Waals surface area contributed by atoms with Gasteiger partial charge in [-0.15, -0.1) is 0 Å². The average molecular weight is 536 g/mol. The third-order valence-corrected chi connectivity index (χ3v) is 7.22. The molecule has 1 aliphatic heterocycles. The van der Waals surface area contributed by atoms with Crippen LogP contribution in [0.2, 0.25) is 5.02 Å². The summed E-state index contributed by atoms with van der Waals surface area (Å²) in [7, 11) is 1.45. The van der Waals surface area contributed by atoms with Crippen LogP contribution < -0.4 is 10.2 Å². The molecular weight excluding hydrogens is 500 g/mol. The van der Waals surface area contributed by atoms with Crippen molar-refractivity contribution in [1.29, 1.82) is 0 Å². The number of rotatable bonds is 10. The number of aliphatic hydroxyl groups is 1. The number of amides is 2. The zero-order valence-electron chi connectivity index (χ0n) is 21.6. The number of carbonyl (C=O) groups excluding carboxylic acids is 2. The molecule has 2 aromatic rings. The minimum Gasteiger partial charge on any atom is -0.371 e.